The van der Waals surface area contributed by atoms with E-state index < -0.39 is 5.97 Å². The third-order valence-electron chi connectivity index (χ3n) is 3.42. The van der Waals surface area contributed by atoms with Gasteiger partial charge in [0.15, 0.2) is 0 Å². The van der Waals surface area contributed by atoms with Crippen molar-refractivity contribution in [1.29, 1.82) is 0 Å². The molecule has 0 radical (unpaired) electrons. The Morgan fingerprint density at radius 3 is 2.85 bits per heavy atom. The third kappa shape index (κ3) is 3.87. The number of aryl methyl sites for hydroxylation is 1. The maximum absolute atomic E-state index is 11.6. The second-order valence-corrected chi connectivity index (χ2v) is 5.19. The van der Waals surface area contributed by atoms with Crippen LogP contribution in [0.4, 0.5) is 11.4 Å². The molecule has 2 rings (SSSR count). The van der Waals surface area contributed by atoms with Crippen molar-refractivity contribution >= 4 is 17.3 Å². The molecule has 1 saturated carbocycles. The van der Waals surface area contributed by atoms with Gasteiger partial charge in [-0.1, -0.05) is 0 Å². The number of carbonyl (C=O) groups is 1. The molecule has 1 aromatic rings. The lowest BCUT2D eigenvalue weighted by molar-refractivity contribution is 0.0602. The van der Waals surface area contributed by atoms with E-state index in [1.807, 2.05) is 13.0 Å². The van der Waals surface area contributed by atoms with E-state index in [0.29, 0.717) is 24.4 Å². The Morgan fingerprint density at radius 2 is 2.20 bits per heavy atom. The van der Waals surface area contributed by atoms with E-state index in [1.165, 1.54) is 20.0 Å². The largest absolute Gasteiger partial charge is 0.465 e. The monoisotopic (exact) mass is 278 g/mol. The van der Waals surface area contributed by atoms with E-state index in [9.17, 15) is 4.79 Å². The summed E-state index contributed by atoms with van der Waals surface area (Å²) < 4.78 is 10.3. The van der Waals surface area contributed by atoms with Crippen LogP contribution in [0.3, 0.4) is 0 Å². The molecule has 1 fully saturated rings. The predicted octanol–water partition coefficient (Wildman–Crippen LogP) is 2.20. The number of nitrogen functional groups attached to an aromatic ring is 1. The minimum absolute atomic E-state index is 0.397. The zero-order chi connectivity index (χ0) is 14.5. The highest BCUT2D eigenvalue weighted by Gasteiger charge is 2.20. The fourth-order valence-corrected chi connectivity index (χ4v) is 1.98. The zero-order valence-corrected chi connectivity index (χ0v) is 12.1. The predicted molar refractivity (Wildman–Crippen MR) is 79.0 cm³/mol. The van der Waals surface area contributed by atoms with Crippen molar-refractivity contribution in [3.8, 4) is 0 Å². The van der Waals surface area contributed by atoms with Crippen molar-refractivity contribution in [2.75, 3.05) is 37.9 Å². The Labute approximate surface area is 119 Å². The molecule has 1 aromatic carbocycles. The quantitative estimate of drug-likeness (QED) is 0.454. The summed E-state index contributed by atoms with van der Waals surface area (Å²) in [5.41, 5.74) is 8.46. The molecule has 5 heteroatoms. The van der Waals surface area contributed by atoms with E-state index in [0.717, 1.165) is 23.8 Å². The number of ether oxygens (including phenoxy) is 2. The number of nitrogens with one attached hydrogen (secondary N) is 1. The summed E-state index contributed by atoms with van der Waals surface area (Å²) in [6, 6.07) is 3.64. The maximum Gasteiger partial charge on any atom is 0.340 e. The smallest absolute Gasteiger partial charge is 0.340 e. The second kappa shape index (κ2) is 6.61. The molecule has 0 amide bonds. The van der Waals surface area contributed by atoms with E-state index in [1.54, 1.807) is 6.07 Å². The summed E-state index contributed by atoms with van der Waals surface area (Å²) in [4.78, 5) is 11.6. The van der Waals surface area contributed by atoms with Gasteiger partial charge in [0.25, 0.3) is 0 Å². The molecule has 0 bridgehead atoms. The maximum atomic E-state index is 11.6. The van der Waals surface area contributed by atoms with E-state index in [4.69, 9.17) is 15.2 Å². The topological polar surface area (TPSA) is 73.6 Å². The number of anilines is 2. The first kappa shape index (κ1) is 14.7. The van der Waals surface area contributed by atoms with Gasteiger partial charge in [-0.2, -0.15) is 0 Å². The van der Waals surface area contributed by atoms with Crippen molar-refractivity contribution in [2.45, 2.75) is 19.8 Å². The number of rotatable bonds is 7. The highest BCUT2D eigenvalue weighted by molar-refractivity contribution is 5.97. The summed E-state index contributed by atoms with van der Waals surface area (Å²) in [5, 5.41) is 3.24. The fraction of sp³-hybridized carbons (Fsp3) is 0.533. The SMILES string of the molecule is COC(=O)c1cc(NCCOCC2CC2)cc(C)c1N. The lowest BCUT2D eigenvalue weighted by Gasteiger charge is -2.12. The third-order valence-corrected chi connectivity index (χ3v) is 3.42. The molecule has 0 spiro atoms. The van der Waals surface area contributed by atoms with Crippen molar-refractivity contribution in [2.24, 2.45) is 5.92 Å². The molecule has 5 nitrogen and oxygen atoms in total. The number of carbonyl (C=O) groups excluding carboxylic acids is 1. The summed E-state index contributed by atoms with van der Waals surface area (Å²) in [5.74, 6) is 0.360. The average Bonchev–Trinajstić information content (AvgIpc) is 3.25. The number of hydrogen-bond acceptors (Lipinski definition) is 5. The molecule has 110 valence electrons. The van der Waals surface area contributed by atoms with Crippen LogP contribution in [0.2, 0.25) is 0 Å². The van der Waals surface area contributed by atoms with Gasteiger partial charge in [0, 0.05) is 24.5 Å². The molecule has 0 heterocycles. The summed E-state index contributed by atoms with van der Waals surface area (Å²) >= 11 is 0. The molecular weight excluding hydrogens is 256 g/mol. The van der Waals surface area contributed by atoms with Gasteiger partial charge in [-0.15, -0.1) is 0 Å². The molecule has 0 unspecified atom stereocenters. The van der Waals surface area contributed by atoms with Gasteiger partial charge in [0.2, 0.25) is 0 Å². The van der Waals surface area contributed by atoms with Crippen LogP contribution in [0, 0.1) is 12.8 Å². The van der Waals surface area contributed by atoms with Gasteiger partial charge >= 0.3 is 5.97 Å². The molecular formula is C15H22N2O3. The van der Waals surface area contributed by atoms with E-state index in [2.05, 4.69) is 5.32 Å². The van der Waals surface area contributed by atoms with Gasteiger partial charge in [0.1, 0.15) is 0 Å². The first-order chi connectivity index (χ1) is 9.61. The van der Waals surface area contributed by atoms with Gasteiger partial charge in [-0.3, -0.25) is 0 Å². The first-order valence-electron chi connectivity index (χ1n) is 6.92. The molecule has 0 saturated heterocycles. The number of nitrogens with two attached hydrogens (primary N) is 1. The number of esters is 1. The Hall–Kier alpha value is -1.75. The zero-order valence-electron chi connectivity index (χ0n) is 12.1. The molecule has 0 aromatic heterocycles. The number of benzene rings is 1. The lowest BCUT2D eigenvalue weighted by Crippen LogP contribution is -2.13. The first-order valence-corrected chi connectivity index (χ1v) is 6.92. The van der Waals surface area contributed by atoms with Gasteiger partial charge < -0.3 is 20.5 Å². The number of methoxy groups -OCH3 is 1. The van der Waals surface area contributed by atoms with Crippen molar-refractivity contribution in [1.82, 2.24) is 0 Å². The van der Waals surface area contributed by atoms with Crippen molar-refractivity contribution in [3.63, 3.8) is 0 Å². The summed E-state index contributed by atoms with van der Waals surface area (Å²) in [7, 11) is 1.35. The Kier molecular flexibility index (Phi) is 4.84. The second-order valence-electron chi connectivity index (χ2n) is 5.19. The Balaban J connectivity index is 1.89. The van der Waals surface area contributed by atoms with Crippen LogP contribution in [-0.4, -0.2) is 32.8 Å². The minimum atomic E-state index is -0.417. The molecule has 20 heavy (non-hydrogen) atoms. The van der Waals surface area contributed by atoms with E-state index >= 15 is 0 Å². The minimum Gasteiger partial charge on any atom is -0.465 e. The molecule has 3 N–H and O–H groups in total. The van der Waals surface area contributed by atoms with Crippen LogP contribution in [0.25, 0.3) is 0 Å². The van der Waals surface area contributed by atoms with Gasteiger partial charge in [0.05, 0.1) is 19.3 Å². The van der Waals surface area contributed by atoms with Crippen molar-refractivity contribution in [3.05, 3.63) is 23.3 Å². The molecule has 0 atom stereocenters. The van der Waals surface area contributed by atoms with Crippen LogP contribution in [0.15, 0.2) is 12.1 Å². The highest BCUT2D eigenvalue weighted by Crippen LogP contribution is 2.28. The molecule has 1 aliphatic rings. The molecule has 1 aliphatic carbocycles. The Morgan fingerprint density at radius 1 is 1.45 bits per heavy atom. The fourth-order valence-electron chi connectivity index (χ4n) is 1.98. The Bertz CT molecular complexity index is 484. The lowest BCUT2D eigenvalue weighted by atomic mass is 10.1. The average molecular weight is 278 g/mol. The van der Waals surface area contributed by atoms with E-state index in [-0.39, 0.29) is 0 Å². The van der Waals surface area contributed by atoms with Crippen LogP contribution >= 0.6 is 0 Å². The van der Waals surface area contributed by atoms with Crippen LogP contribution in [0.5, 0.6) is 0 Å². The number of hydrogen-bond donors (Lipinski definition) is 2. The standard InChI is InChI=1S/C15H22N2O3/c1-10-7-12(8-13(14(10)16)15(18)19-2)17-5-6-20-9-11-3-4-11/h7-8,11,17H,3-6,9,16H2,1-2H3. The highest BCUT2D eigenvalue weighted by atomic mass is 16.5. The molecule has 0 aliphatic heterocycles. The van der Waals surface area contributed by atoms with Gasteiger partial charge in [-0.25, -0.2) is 4.79 Å². The summed E-state index contributed by atoms with van der Waals surface area (Å²) in [6.45, 7) is 4.09. The van der Waals surface area contributed by atoms with Gasteiger partial charge in [-0.05, 0) is 43.4 Å². The van der Waals surface area contributed by atoms with Crippen LogP contribution < -0.4 is 11.1 Å². The van der Waals surface area contributed by atoms with Crippen LogP contribution in [-0.2, 0) is 9.47 Å². The van der Waals surface area contributed by atoms with Crippen molar-refractivity contribution < 1.29 is 14.3 Å². The van der Waals surface area contributed by atoms with Crippen LogP contribution in [0.1, 0.15) is 28.8 Å². The normalized spacial score (nSPS) is 14.1. The summed E-state index contributed by atoms with van der Waals surface area (Å²) in [6.07, 6.45) is 2.60.